The van der Waals surface area contributed by atoms with Crippen LogP contribution in [0.25, 0.3) is 149 Å². The van der Waals surface area contributed by atoms with E-state index in [9.17, 15) is 0 Å². The van der Waals surface area contributed by atoms with Gasteiger partial charge in [-0.2, -0.15) is 0 Å². The van der Waals surface area contributed by atoms with Crippen LogP contribution in [0.1, 0.15) is 0 Å². The highest BCUT2D eigenvalue weighted by atomic mass is 15.0. The number of pyridine rings is 1. The quantitative estimate of drug-likeness (QED) is 0.157. The lowest BCUT2D eigenvalue weighted by Gasteiger charge is -2.18. The fourth-order valence-electron chi connectivity index (χ4n) is 13.0. The first-order valence-corrected chi connectivity index (χ1v) is 27.0. The van der Waals surface area contributed by atoms with Crippen LogP contribution in [-0.2, 0) is 0 Å². The van der Waals surface area contributed by atoms with Gasteiger partial charge in [0.05, 0.1) is 49.8 Å². The van der Waals surface area contributed by atoms with Crippen molar-refractivity contribution in [1.29, 1.82) is 0 Å². The van der Waals surface area contributed by atoms with Crippen LogP contribution in [0.5, 0.6) is 0 Å². The zero-order valence-corrected chi connectivity index (χ0v) is 42.7. The smallest absolute Gasteiger partial charge is 0.137 e. The Kier molecular flexibility index (Phi) is 9.32. The lowest BCUT2D eigenvalue weighted by atomic mass is 9.94. The highest BCUT2D eigenvalue weighted by Gasteiger charge is 2.22. The van der Waals surface area contributed by atoms with E-state index in [1.165, 1.54) is 43.1 Å². The van der Waals surface area contributed by atoms with Gasteiger partial charge in [0.15, 0.2) is 0 Å². The molecule has 0 fully saturated rings. The number of imidazole rings is 1. The van der Waals surface area contributed by atoms with Gasteiger partial charge in [-0.05, 0) is 138 Å². The van der Waals surface area contributed by atoms with Gasteiger partial charge in [-0.3, -0.25) is 0 Å². The van der Waals surface area contributed by atoms with Crippen molar-refractivity contribution in [2.75, 3.05) is 0 Å². The third-order valence-corrected chi connectivity index (χ3v) is 16.4. The molecular formula is C73H46N6. The number of benzene rings is 11. The molecule has 6 heterocycles. The average Bonchev–Trinajstić information content (AvgIpc) is 4.54. The van der Waals surface area contributed by atoms with Crippen LogP contribution in [0.2, 0.25) is 0 Å². The number of hydrogen-bond acceptors (Lipinski definition) is 1. The third kappa shape index (κ3) is 6.62. The van der Waals surface area contributed by atoms with Gasteiger partial charge in [0.1, 0.15) is 5.65 Å². The largest absolute Gasteiger partial charge is 0.309 e. The molecule has 0 aliphatic rings. The Morgan fingerprint density at radius 2 is 0.481 bits per heavy atom. The Hall–Kier alpha value is -10.7. The molecule has 0 bridgehead atoms. The molecule has 0 saturated heterocycles. The summed E-state index contributed by atoms with van der Waals surface area (Å²) in [6, 6.07) is 98.0. The fraction of sp³-hybridized carbons (Fsp3) is 0. The molecular weight excluding hydrogens is 961 g/mol. The van der Waals surface area contributed by atoms with Crippen LogP contribution >= 0.6 is 0 Å². The molecule has 6 aromatic heterocycles. The first kappa shape index (κ1) is 43.5. The molecule has 0 atom stereocenters. The second-order valence-electron chi connectivity index (χ2n) is 20.8. The molecule has 0 radical (unpaired) electrons. The molecule has 6 heteroatoms. The summed E-state index contributed by atoms with van der Waals surface area (Å²) in [5, 5.41) is 9.78. The fourth-order valence-corrected chi connectivity index (χ4v) is 13.0. The van der Waals surface area contributed by atoms with Crippen LogP contribution in [0.15, 0.2) is 279 Å². The minimum atomic E-state index is 0.897. The summed E-state index contributed by atoms with van der Waals surface area (Å²) >= 11 is 0. The molecule has 11 aromatic carbocycles. The molecule has 0 spiro atoms. The van der Waals surface area contributed by atoms with Crippen molar-refractivity contribution >= 4 is 92.9 Å². The number of nitrogens with zero attached hydrogens (tertiary/aromatic N) is 6. The molecule has 0 aliphatic heterocycles. The van der Waals surface area contributed by atoms with E-state index in [0.29, 0.717) is 0 Å². The van der Waals surface area contributed by atoms with E-state index in [1.807, 2.05) is 0 Å². The molecule has 0 N–H and O–H groups in total. The summed E-state index contributed by atoms with van der Waals surface area (Å²) in [7, 11) is 0. The molecule has 0 amide bonds. The van der Waals surface area contributed by atoms with Gasteiger partial charge in [0.25, 0.3) is 0 Å². The van der Waals surface area contributed by atoms with Crippen LogP contribution in [0.4, 0.5) is 0 Å². The molecule has 17 rings (SSSR count). The highest BCUT2D eigenvalue weighted by Crippen LogP contribution is 2.43. The minimum absolute atomic E-state index is 0.897. The number of fused-ring (bicyclic) bond motifs is 13. The summed E-state index contributed by atoms with van der Waals surface area (Å²) in [6.07, 6.45) is 4.24. The van der Waals surface area contributed by atoms with Crippen LogP contribution < -0.4 is 0 Å². The maximum atomic E-state index is 5.31. The number of rotatable bonds is 7. The van der Waals surface area contributed by atoms with Crippen molar-refractivity contribution in [3.8, 4) is 56.3 Å². The first-order chi connectivity index (χ1) is 39.2. The Morgan fingerprint density at radius 3 is 0.772 bits per heavy atom. The van der Waals surface area contributed by atoms with Gasteiger partial charge in [0, 0.05) is 83.8 Å². The molecule has 368 valence electrons. The third-order valence-electron chi connectivity index (χ3n) is 16.4. The van der Waals surface area contributed by atoms with Crippen LogP contribution in [0, 0.1) is 0 Å². The summed E-state index contributed by atoms with van der Waals surface area (Å²) in [6.45, 7) is 0. The second kappa shape index (κ2) is 16.9. The highest BCUT2D eigenvalue weighted by molar-refractivity contribution is 6.13. The van der Waals surface area contributed by atoms with E-state index >= 15 is 0 Å². The predicted octanol–water partition coefficient (Wildman–Crippen LogP) is 18.7. The molecule has 79 heavy (non-hydrogen) atoms. The van der Waals surface area contributed by atoms with Crippen molar-refractivity contribution in [3.63, 3.8) is 0 Å². The normalized spacial score (nSPS) is 12.1. The van der Waals surface area contributed by atoms with E-state index in [-0.39, 0.29) is 0 Å². The van der Waals surface area contributed by atoms with E-state index in [0.717, 1.165) is 106 Å². The van der Waals surface area contributed by atoms with E-state index in [4.69, 9.17) is 4.98 Å². The zero-order chi connectivity index (χ0) is 51.7. The van der Waals surface area contributed by atoms with Gasteiger partial charge < -0.3 is 22.7 Å². The average molecular weight is 1010 g/mol. The lowest BCUT2D eigenvalue weighted by molar-refractivity contribution is 1.13. The Balaban J connectivity index is 0.980. The number of hydrogen-bond donors (Lipinski definition) is 0. The van der Waals surface area contributed by atoms with E-state index in [1.54, 1.807) is 0 Å². The minimum Gasteiger partial charge on any atom is -0.309 e. The predicted molar refractivity (Wildman–Crippen MR) is 329 cm³/mol. The second-order valence-corrected chi connectivity index (χ2v) is 20.8. The molecule has 17 aromatic rings. The van der Waals surface area contributed by atoms with Crippen molar-refractivity contribution in [1.82, 2.24) is 27.7 Å². The van der Waals surface area contributed by atoms with E-state index in [2.05, 4.69) is 302 Å². The summed E-state index contributed by atoms with van der Waals surface area (Å²) < 4.78 is 11.9. The molecule has 0 unspecified atom stereocenters. The van der Waals surface area contributed by atoms with Crippen molar-refractivity contribution < 1.29 is 0 Å². The summed E-state index contributed by atoms with van der Waals surface area (Å²) in [5.74, 6) is 0. The van der Waals surface area contributed by atoms with Crippen molar-refractivity contribution in [2.45, 2.75) is 0 Å². The lowest BCUT2D eigenvalue weighted by Crippen LogP contribution is -2.01. The van der Waals surface area contributed by atoms with Crippen LogP contribution in [0.3, 0.4) is 0 Å². The van der Waals surface area contributed by atoms with Gasteiger partial charge in [-0.1, -0.05) is 152 Å². The van der Waals surface area contributed by atoms with E-state index < -0.39 is 0 Å². The SMILES string of the molecule is c1ccc2c(c1)c1ccccc1n2-c1cc(-c2cc(-c3cc(-n4c5ccccc5c5ccccc54)cc(-n4c5ccccc5c5ccccc54)c3)cc(-c3cn4ccccc4n3)c2)cc(-n2c3ccccc3c3ccccc32)c1. The zero-order valence-electron chi connectivity index (χ0n) is 42.7. The standard InChI is InChI=1S/C73H46N6/c1-9-27-65-56(19-1)57-20-2-10-28-66(57)76(65)52-40-49(41-53(44-52)77-67-29-11-3-21-58(67)59-22-4-12-30-68(59)77)47-37-48(39-51(38-47)64-46-75-36-18-17-35-73(75)74-64)50-42-54(78-69-31-13-5-23-60(69)61-24-6-14-32-70(61)78)45-55(43-50)79-71-33-15-7-25-62(71)63-26-8-16-34-72(63)79/h1-46H. The van der Waals surface area contributed by atoms with Crippen LogP contribution in [-0.4, -0.2) is 27.7 Å². The maximum absolute atomic E-state index is 5.31. The Bertz CT molecular complexity index is 4540. The molecule has 0 saturated carbocycles. The van der Waals surface area contributed by atoms with Gasteiger partial charge in [-0.15, -0.1) is 0 Å². The van der Waals surface area contributed by atoms with Gasteiger partial charge in [0.2, 0.25) is 0 Å². The number of para-hydroxylation sites is 8. The van der Waals surface area contributed by atoms with Gasteiger partial charge >= 0.3 is 0 Å². The first-order valence-electron chi connectivity index (χ1n) is 27.0. The monoisotopic (exact) mass is 1010 g/mol. The van der Waals surface area contributed by atoms with Crippen molar-refractivity contribution in [3.05, 3.63) is 279 Å². The topological polar surface area (TPSA) is 37.0 Å². The van der Waals surface area contributed by atoms with Gasteiger partial charge in [-0.25, -0.2) is 4.98 Å². The molecule has 6 nitrogen and oxygen atoms in total. The number of aromatic nitrogens is 6. The summed E-state index contributed by atoms with van der Waals surface area (Å²) in [5.41, 5.74) is 20.7. The van der Waals surface area contributed by atoms with Crippen molar-refractivity contribution in [2.24, 2.45) is 0 Å². The Labute approximate surface area is 453 Å². The maximum Gasteiger partial charge on any atom is 0.137 e. The summed E-state index contributed by atoms with van der Waals surface area (Å²) in [4.78, 5) is 5.31. The molecule has 0 aliphatic carbocycles. The Morgan fingerprint density at radius 1 is 0.228 bits per heavy atom.